The van der Waals surface area contributed by atoms with E-state index in [9.17, 15) is 0 Å². The van der Waals surface area contributed by atoms with Crippen LogP contribution in [-0.4, -0.2) is 24.6 Å². The van der Waals surface area contributed by atoms with E-state index in [1.807, 2.05) is 12.3 Å². The van der Waals surface area contributed by atoms with Gasteiger partial charge >= 0.3 is 7.48 Å². The van der Waals surface area contributed by atoms with E-state index in [2.05, 4.69) is 9.97 Å². The molecule has 0 bridgehead atoms. The van der Waals surface area contributed by atoms with Gasteiger partial charge < -0.3 is 9.64 Å². The number of nitrogens with zero attached hydrogens (tertiary/aromatic N) is 1. The van der Waals surface area contributed by atoms with Gasteiger partial charge in [0, 0.05) is 18.7 Å². The summed E-state index contributed by atoms with van der Waals surface area (Å²) < 4.78 is 5.05. The topological polar surface area (TPSA) is 37.9 Å². The Morgan fingerprint density at radius 2 is 2.46 bits per heavy atom. The highest BCUT2D eigenvalue weighted by Gasteiger charge is 2.07. The van der Waals surface area contributed by atoms with Crippen LogP contribution in [0.1, 0.15) is 0 Å². The minimum Gasteiger partial charge on any atom is -0.437 e. The van der Waals surface area contributed by atoms with Gasteiger partial charge in [0.15, 0.2) is 5.15 Å². The predicted molar refractivity (Wildman–Crippen MR) is 54.9 cm³/mol. The molecule has 0 atom stereocenters. The molecule has 0 saturated carbocycles. The largest absolute Gasteiger partial charge is 0.437 e. The highest BCUT2D eigenvalue weighted by Crippen LogP contribution is 2.16. The number of aromatic amines is 1. The molecule has 2 heterocycles. The average Bonchev–Trinajstić information content (AvgIpc) is 2.51. The Hall–Kier alpha value is -0.995. The predicted octanol–water partition coefficient (Wildman–Crippen LogP) is 0.839. The molecule has 0 saturated heterocycles. The summed E-state index contributed by atoms with van der Waals surface area (Å²) in [4.78, 5) is 7.04. The number of aromatic nitrogens is 2. The Morgan fingerprint density at radius 1 is 1.62 bits per heavy atom. The lowest BCUT2D eigenvalue weighted by molar-refractivity contribution is 0.450. The first-order valence-electron chi connectivity index (χ1n) is 3.92. The van der Waals surface area contributed by atoms with Crippen LogP contribution in [0.5, 0.6) is 0 Å². The highest BCUT2D eigenvalue weighted by atomic mass is 35.5. The third-order valence-corrected chi connectivity index (χ3v) is 2.23. The molecule has 0 fully saturated rings. The first-order chi connectivity index (χ1) is 6.33. The number of pyridine rings is 1. The van der Waals surface area contributed by atoms with Gasteiger partial charge in [0.2, 0.25) is 0 Å². The second kappa shape index (κ2) is 3.40. The summed E-state index contributed by atoms with van der Waals surface area (Å²) in [5.41, 5.74) is 1.97. The molecule has 2 aromatic rings. The summed E-state index contributed by atoms with van der Waals surface area (Å²) in [7, 11) is 2.25. The Labute approximate surface area is 81.3 Å². The van der Waals surface area contributed by atoms with Crippen LogP contribution in [0.25, 0.3) is 10.9 Å². The van der Waals surface area contributed by atoms with Crippen LogP contribution in [0.15, 0.2) is 18.5 Å². The van der Waals surface area contributed by atoms with Crippen molar-refractivity contribution in [2.75, 3.05) is 7.11 Å². The summed E-state index contributed by atoms with van der Waals surface area (Å²) in [5.74, 6) is 0. The molecular formula is C8H8BClN2O. The minimum atomic E-state index is 0.500. The number of rotatable bonds is 2. The molecule has 0 aliphatic carbocycles. The Balaban J connectivity index is 2.61. The van der Waals surface area contributed by atoms with E-state index < -0.39 is 0 Å². The van der Waals surface area contributed by atoms with Gasteiger partial charge in [0.05, 0.1) is 5.52 Å². The van der Waals surface area contributed by atoms with Crippen molar-refractivity contribution in [3.63, 3.8) is 0 Å². The van der Waals surface area contributed by atoms with Crippen molar-refractivity contribution in [3.8, 4) is 0 Å². The Bertz CT molecular complexity index is 429. The normalized spacial score (nSPS) is 10.6. The standard InChI is InChI=1S/C8H8BClN2O/c1-13-9-6-4-12-7-5(6)2-3-11-8(7)10/h2-4,9,12H,1H3. The van der Waals surface area contributed by atoms with Crippen LogP contribution in [0.2, 0.25) is 5.15 Å². The molecule has 13 heavy (non-hydrogen) atoms. The van der Waals surface area contributed by atoms with E-state index in [4.69, 9.17) is 16.3 Å². The molecule has 3 nitrogen and oxygen atoms in total. The maximum atomic E-state index is 5.89. The van der Waals surface area contributed by atoms with Crippen molar-refractivity contribution in [2.24, 2.45) is 0 Å². The lowest BCUT2D eigenvalue weighted by Crippen LogP contribution is -2.14. The number of fused-ring (bicyclic) bond motifs is 1. The quantitative estimate of drug-likeness (QED) is 0.568. The Morgan fingerprint density at radius 3 is 3.23 bits per heavy atom. The molecule has 0 radical (unpaired) electrons. The number of nitrogens with one attached hydrogen (secondary N) is 1. The van der Waals surface area contributed by atoms with Gasteiger partial charge in [-0.2, -0.15) is 0 Å². The third-order valence-electron chi connectivity index (χ3n) is 1.94. The molecular weight excluding hydrogens is 186 g/mol. The molecule has 0 amide bonds. The van der Waals surface area contributed by atoms with Crippen LogP contribution in [0, 0.1) is 0 Å². The maximum absolute atomic E-state index is 5.89. The first-order valence-corrected chi connectivity index (χ1v) is 4.30. The molecule has 1 N–H and O–H groups in total. The monoisotopic (exact) mass is 194 g/mol. The molecule has 0 aliphatic heterocycles. The van der Waals surface area contributed by atoms with Gasteiger partial charge in [-0.3, -0.25) is 0 Å². The number of hydrogen-bond donors (Lipinski definition) is 1. The number of halogens is 1. The molecule has 5 heteroatoms. The summed E-state index contributed by atoms with van der Waals surface area (Å²) in [6, 6.07) is 1.92. The van der Waals surface area contributed by atoms with E-state index in [1.165, 1.54) is 0 Å². The molecule has 0 unspecified atom stereocenters. The second-order valence-corrected chi connectivity index (χ2v) is 3.13. The van der Waals surface area contributed by atoms with Crippen molar-refractivity contribution < 1.29 is 4.65 Å². The number of H-pyrrole nitrogens is 1. The first kappa shape index (κ1) is 8.60. The average molecular weight is 194 g/mol. The van der Waals surface area contributed by atoms with Crippen LogP contribution in [0.3, 0.4) is 0 Å². The fourth-order valence-electron chi connectivity index (χ4n) is 1.35. The van der Waals surface area contributed by atoms with Gasteiger partial charge in [-0.05, 0) is 17.7 Å². The van der Waals surface area contributed by atoms with Crippen molar-refractivity contribution in [1.29, 1.82) is 0 Å². The van der Waals surface area contributed by atoms with Crippen molar-refractivity contribution in [1.82, 2.24) is 9.97 Å². The van der Waals surface area contributed by atoms with E-state index in [0.717, 1.165) is 16.4 Å². The zero-order chi connectivity index (χ0) is 9.26. The fourth-order valence-corrected chi connectivity index (χ4v) is 1.57. The van der Waals surface area contributed by atoms with Gasteiger partial charge in [0.1, 0.15) is 0 Å². The minimum absolute atomic E-state index is 0.500. The molecule has 66 valence electrons. The molecule has 0 spiro atoms. The third kappa shape index (κ3) is 1.43. The van der Waals surface area contributed by atoms with Crippen LogP contribution >= 0.6 is 11.6 Å². The summed E-state index contributed by atoms with van der Waals surface area (Å²) >= 11 is 5.89. The summed E-state index contributed by atoms with van der Waals surface area (Å²) in [5, 5.41) is 1.57. The number of hydrogen-bond acceptors (Lipinski definition) is 2. The summed E-state index contributed by atoms with van der Waals surface area (Å²) in [6.07, 6.45) is 3.58. The molecule has 0 aliphatic rings. The van der Waals surface area contributed by atoms with E-state index in [1.54, 1.807) is 13.3 Å². The van der Waals surface area contributed by atoms with E-state index >= 15 is 0 Å². The zero-order valence-electron chi connectivity index (χ0n) is 7.17. The highest BCUT2D eigenvalue weighted by molar-refractivity contribution is 6.52. The second-order valence-electron chi connectivity index (χ2n) is 2.77. The Kier molecular flexibility index (Phi) is 2.25. The van der Waals surface area contributed by atoms with Gasteiger partial charge in [-0.25, -0.2) is 4.98 Å². The zero-order valence-corrected chi connectivity index (χ0v) is 7.93. The lowest BCUT2D eigenvalue weighted by Gasteiger charge is -1.94. The van der Waals surface area contributed by atoms with E-state index in [0.29, 0.717) is 12.6 Å². The van der Waals surface area contributed by atoms with Crippen molar-refractivity contribution in [3.05, 3.63) is 23.6 Å². The maximum Gasteiger partial charge on any atom is 0.310 e. The van der Waals surface area contributed by atoms with E-state index in [-0.39, 0.29) is 0 Å². The molecule has 2 rings (SSSR count). The lowest BCUT2D eigenvalue weighted by atomic mass is 9.88. The van der Waals surface area contributed by atoms with Crippen molar-refractivity contribution in [2.45, 2.75) is 0 Å². The van der Waals surface area contributed by atoms with Gasteiger partial charge in [0.25, 0.3) is 0 Å². The smallest absolute Gasteiger partial charge is 0.310 e. The van der Waals surface area contributed by atoms with Crippen molar-refractivity contribution >= 4 is 35.4 Å². The van der Waals surface area contributed by atoms with Crippen LogP contribution < -0.4 is 5.46 Å². The molecule has 0 aromatic carbocycles. The SMILES string of the molecule is COBc1c[nH]c2c(Cl)nccc12. The van der Waals surface area contributed by atoms with Crippen LogP contribution in [0.4, 0.5) is 0 Å². The fraction of sp³-hybridized carbons (Fsp3) is 0.125. The van der Waals surface area contributed by atoms with Crippen LogP contribution in [-0.2, 0) is 4.65 Å². The molecule has 2 aromatic heterocycles. The summed E-state index contributed by atoms with van der Waals surface area (Å²) in [6.45, 7) is 0. The van der Waals surface area contributed by atoms with Gasteiger partial charge in [-0.15, -0.1) is 0 Å². The van der Waals surface area contributed by atoms with Gasteiger partial charge in [-0.1, -0.05) is 11.6 Å².